The van der Waals surface area contributed by atoms with E-state index in [1.807, 2.05) is 0 Å². The lowest BCUT2D eigenvalue weighted by Gasteiger charge is -2.33. The van der Waals surface area contributed by atoms with Crippen LogP contribution in [-0.4, -0.2) is 50.8 Å². The second-order valence-corrected chi connectivity index (χ2v) is 4.78. The highest BCUT2D eigenvalue weighted by Gasteiger charge is 2.18. The Kier molecular flexibility index (Phi) is 7.01. The lowest BCUT2D eigenvalue weighted by Crippen LogP contribution is -2.46. The zero-order valence-electron chi connectivity index (χ0n) is 11.5. The van der Waals surface area contributed by atoms with E-state index in [9.17, 15) is 0 Å². The Bertz CT molecular complexity index is 231. The molecule has 0 saturated carbocycles. The molecule has 4 heteroatoms. The number of hydrogen-bond acceptors (Lipinski definition) is 2. The van der Waals surface area contributed by atoms with Gasteiger partial charge in [0.1, 0.15) is 0 Å². The minimum absolute atomic E-state index is 0.784. The second kappa shape index (κ2) is 8.34. The molecule has 0 aliphatic carbocycles. The minimum atomic E-state index is 0.784. The Morgan fingerprint density at radius 1 is 1.53 bits per heavy atom. The van der Waals surface area contributed by atoms with E-state index >= 15 is 0 Å². The van der Waals surface area contributed by atoms with Crippen molar-refractivity contribution in [1.82, 2.24) is 10.2 Å². The largest absolute Gasteiger partial charge is 0.385 e. The summed E-state index contributed by atoms with van der Waals surface area (Å²) >= 11 is 0. The number of guanidine groups is 1. The molecule has 0 aromatic carbocycles. The van der Waals surface area contributed by atoms with Gasteiger partial charge in [0.2, 0.25) is 0 Å². The van der Waals surface area contributed by atoms with Gasteiger partial charge in [0.05, 0.1) is 0 Å². The van der Waals surface area contributed by atoms with Crippen molar-refractivity contribution in [3.63, 3.8) is 0 Å². The fraction of sp³-hybridized carbons (Fsp3) is 0.923. The number of aliphatic imine (C=N–C) groups is 1. The molecule has 0 amide bonds. The number of nitrogens with one attached hydrogen (secondary N) is 1. The van der Waals surface area contributed by atoms with Gasteiger partial charge in [-0.05, 0) is 32.1 Å². The fourth-order valence-electron chi connectivity index (χ4n) is 2.20. The summed E-state index contributed by atoms with van der Waals surface area (Å²) in [5.41, 5.74) is 0. The highest BCUT2D eigenvalue weighted by Crippen LogP contribution is 2.15. The summed E-state index contributed by atoms with van der Waals surface area (Å²) in [7, 11) is 1.74. The van der Waals surface area contributed by atoms with Crippen LogP contribution in [0.4, 0.5) is 0 Å². The van der Waals surface area contributed by atoms with Gasteiger partial charge in [-0.25, -0.2) is 0 Å². The molecule has 0 bridgehead atoms. The van der Waals surface area contributed by atoms with Crippen molar-refractivity contribution in [2.45, 2.75) is 33.1 Å². The van der Waals surface area contributed by atoms with Crippen molar-refractivity contribution in [3.05, 3.63) is 0 Å². The molecular weight excluding hydrogens is 214 g/mol. The van der Waals surface area contributed by atoms with E-state index in [2.05, 4.69) is 29.1 Å². The summed E-state index contributed by atoms with van der Waals surface area (Å²) in [6, 6.07) is 0. The molecule has 0 spiro atoms. The lowest BCUT2D eigenvalue weighted by molar-refractivity contribution is 0.196. The van der Waals surface area contributed by atoms with Crippen LogP contribution >= 0.6 is 0 Å². The Balaban J connectivity index is 2.45. The molecular formula is C13H27N3O. The lowest BCUT2D eigenvalue weighted by atomic mass is 10.0. The number of likely N-dealkylation sites (tertiary alicyclic amines) is 1. The first-order chi connectivity index (χ1) is 8.27. The second-order valence-electron chi connectivity index (χ2n) is 4.78. The molecule has 1 unspecified atom stereocenters. The monoisotopic (exact) mass is 241 g/mol. The summed E-state index contributed by atoms with van der Waals surface area (Å²) < 4.78 is 5.04. The van der Waals surface area contributed by atoms with Crippen LogP contribution in [0.5, 0.6) is 0 Å². The highest BCUT2D eigenvalue weighted by molar-refractivity contribution is 5.80. The van der Waals surface area contributed by atoms with Gasteiger partial charge in [-0.1, -0.05) is 6.92 Å². The molecule has 4 nitrogen and oxygen atoms in total. The van der Waals surface area contributed by atoms with Crippen molar-refractivity contribution in [2.75, 3.05) is 39.9 Å². The van der Waals surface area contributed by atoms with E-state index in [0.29, 0.717) is 0 Å². The maximum Gasteiger partial charge on any atom is 0.193 e. The molecule has 1 heterocycles. The Hall–Kier alpha value is -0.770. The first-order valence-electron chi connectivity index (χ1n) is 6.80. The van der Waals surface area contributed by atoms with Crippen LogP contribution in [0, 0.1) is 5.92 Å². The van der Waals surface area contributed by atoms with Crippen molar-refractivity contribution in [3.8, 4) is 0 Å². The number of piperidine rings is 1. The summed E-state index contributed by atoms with van der Waals surface area (Å²) in [6.45, 7) is 9.30. The standard InChI is InChI=1S/C13H27N3O/c1-4-14-13(15-8-6-10-17-3)16-9-5-7-12(2)11-16/h12H,4-11H2,1-3H3,(H,14,15). The summed E-state index contributed by atoms with van der Waals surface area (Å²) in [5, 5.41) is 3.38. The van der Waals surface area contributed by atoms with E-state index in [0.717, 1.165) is 51.1 Å². The SMILES string of the molecule is CCNC(=NCCCOC)N1CCCC(C)C1. The average molecular weight is 241 g/mol. The first kappa shape index (κ1) is 14.3. The van der Waals surface area contributed by atoms with Crippen molar-refractivity contribution < 1.29 is 4.74 Å². The van der Waals surface area contributed by atoms with Gasteiger partial charge in [-0.15, -0.1) is 0 Å². The molecule has 1 N–H and O–H groups in total. The van der Waals surface area contributed by atoms with Crippen LogP contribution in [0.25, 0.3) is 0 Å². The molecule has 0 aromatic heterocycles. The van der Waals surface area contributed by atoms with Crippen molar-refractivity contribution in [1.29, 1.82) is 0 Å². The maximum atomic E-state index is 5.04. The Morgan fingerprint density at radius 2 is 2.35 bits per heavy atom. The Labute approximate surface area is 105 Å². The predicted molar refractivity (Wildman–Crippen MR) is 72.4 cm³/mol. The topological polar surface area (TPSA) is 36.9 Å². The Morgan fingerprint density at radius 3 is 3.00 bits per heavy atom. The van der Waals surface area contributed by atoms with E-state index in [4.69, 9.17) is 4.74 Å². The maximum absolute atomic E-state index is 5.04. The summed E-state index contributed by atoms with van der Waals surface area (Å²) in [4.78, 5) is 7.05. The van der Waals surface area contributed by atoms with Crippen LogP contribution in [0.15, 0.2) is 4.99 Å². The summed E-state index contributed by atoms with van der Waals surface area (Å²) in [5.74, 6) is 1.86. The summed E-state index contributed by atoms with van der Waals surface area (Å²) in [6.07, 6.45) is 3.62. The quantitative estimate of drug-likeness (QED) is 0.452. The zero-order valence-corrected chi connectivity index (χ0v) is 11.5. The molecule has 1 saturated heterocycles. The van der Waals surface area contributed by atoms with Gasteiger partial charge >= 0.3 is 0 Å². The third-order valence-corrected chi connectivity index (χ3v) is 3.06. The van der Waals surface area contributed by atoms with Gasteiger partial charge in [0, 0.05) is 39.9 Å². The van der Waals surface area contributed by atoms with Gasteiger partial charge in [0.25, 0.3) is 0 Å². The van der Waals surface area contributed by atoms with Crippen LogP contribution in [0.1, 0.15) is 33.1 Å². The first-order valence-corrected chi connectivity index (χ1v) is 6.80. The van der Waals surface area contributed by atoms with Crippen molar-refractivity contribution in [2.24, 2.45) is 10.9 Å². The third kappa shape index (κ3) is 5.39. The van der Waals surface area contributed by atoms with Gasteiger partial charge in [-0.3, -0.25) is 4.99 Å². The molecule has 1 fully saturated rings. The van der Waals surface area contributed by atoms with Crippen LogP contribution in [-0.2, 0) is 4.74 Å². The van der Waals surface area contributed by atoms with Gasteiger partial charge in [-0.2, -0.15) is 0 Å². The molecule has 0 radical (unpaired) electrons. The van der Waals surface area contributed by atoms with E-state index in [-0.39, 0.29) is 0 Å². The molecule has 1 atom stereocenters. The van der Waals surface area contributed by atoms with E-state index in [1.165, 1.54) is 12.8 Å². The average Bonchev–Trinajstić information content (AvgIpc) is 2.33. The molecule has 100 valence electrons. The van der Waals surface area contributed by atoms with Gasteiger partial charge in [0.15, 0.2) is 5.96 Å². The molecule has 1 aliphatic rings. The van der Waals surface area contributed by atoms with Crippen LogP contribution in [0.3, 0.4) is 0 Å². The number of nitrogens with zero attached hydrogens (tertiary/aromatic N) is 2. The fourth-order valence-corrected chi connectivity index (χ4v) is 2.20. The van der Waals surface area contributed by atoms with Gasteiger partial charge < -0.3 is 15.0 Å². The number of methoxy groups -OCH3 is 1. The molecule has 17 heavy (non-hydrogen) atoms. The zero-order chi connectivity index (χ0) is 12.5. The van der Waals surface area contributed by atoms with Crippen molar-refractivity contribution >= 4 is 5.96 Å². The number of hydrogen-bond donors (Lipinski definition) is 1. The molecule has 1 aliphatic heterocycles. The normalized spacial score (nSPS) is 21.7. The van der Waals surface area contributed by atoms with E-state index < -0.39 is 0 Å². The van der Waals surface area contributed by atoms with Crippen LogP contribution in [0.2, 0.25) is 0 Å². The number of rotatable bonds is 5. The number of ether oxygens (including phenoxy) is 1. The predicted octanol–water partition coefficient (Wildman–Crippen LogP) is 1.72. The smallest absolute Gasteiger partial charge is 0.193 e. The minimum Gasteiger partial charge on any atom is -0.385 e. The molecule has 0 aromatic rings. The van der Waals surface area contributed by atoms with E-state index in [1.54, 1.807) is 7.11 Å². The molecule has 1 rings (SSSR count). The third-order valence-electron chi connectivity index (χ3n) is 3.06. The van der Waals surface area contributed by atoms with Crippen LogP contribution < -0.4 is 5.32 Å². The highest BCUT2D eigenvalue weighted by atomic mass is 16.5.